The Kier molecular flexibility index (Phi) is 5.35. The molecule has 0 spiro atoms. The summed E-state index contributed by atoms with van der Waals surface area (Å²) in [5.74, 6) is 0.384. The number of aromatic nitrogens is 1. The Morgan fingerprint density at radius 2 is 2.09 bits per heavy atom. The van der Waals surface area contributed by atoms with Gasteiger partial charge < -0.3 is 9.30 Å². The van der Waals surface area contributed by atoms with Crippen molar-refractivity contribution in [1.82, 2.24) is 4.57 Å². The van der Waals surface area contributed by atoms with Gasteiger partial charge in [-0.3, -0.25) is 4.79 Å². The fraction of sp³-hybridized carbons (Fsp3) is 0.250. The molecule has 7 heteroatoms. The van der Waals surface area contributed by atoms with E-state index in [0.29, 0.717) is 22.6 Å². The molecule has 1 aromatic carbocycles. The second-order valence-electron chi connectivity index (χ2n) is 4.80. The largest absolute Gasteiger partial charge is 0.479 e. The lowest BCUT2D eigenvalue weighted by Gasteiger charge is -2.15. The number of rotatable bonds is 5. The second kappa shape index (κ2) is 7.25. The Balaban J connectivity index is 2.52. The van der Waals surface area contributed by atoms with Crippen molar-refractivity contribution in [2.45, 2.75) is 19.9 Å². The number of aryl methyl sites for hydroxylation is 1. The summed E-state index contributed by atoms with van der Waals surface area (Å²) in [4.78, 5) is 12.1. The third-order valence-corrected chi connectivity index (χ3v) is 3.52. The van der Waals surface area contributed by atoms with E-state index in [2.05, 4.69) is 0 Å². The SMILES string of the molecule is Cc1ccc(-c2ccc(OCC#N)cc2Cl)n(CC(F)F)c1=O. The molecule has 2 rings (SSSR count). The normalized spacial score (nSPS) is 10.6. The number of ether oxygens (including phenoxy) is 1. The summed E-state index contributed by atoms with van der Waals surface area (Å²) in [5, 5.41) is 8.73. The predicted octanol–water partition coefficient (Wildman–Crippen LogP) is 3.64. The molecule has 0 aliphatic rings. The van der Waals surface area contributed by atoms with Crippen LogP contribution in [0.25, 0.3) is 11.3 Å². The van der Waals surface area contributed by atoms with Gasteiger partial charge in [-0.2, -0.15) is 5.26 Å². The fourth-order valence-electron chi connectivity index (χ4n) is 2.15. The number of hydrogen-bond donors (Lipinski definition) is 0. The fourth-order valence-corrected chi connectivity index (χ4v) is 2.42. The monoisotopic (exact) mass is 338 g/mol. The van der Waals surface area contributed by atoms with Gasteiger partial charge in [0.05, 0.1) is 17.3 Å². The topological polar surface area (TPSA) is 55.0 Å². The van der Waals surface area contributed by atoms with Crippen LogP contribution in [0.4, 0.5) is 8.78 Å². The summed E-state index contributed by atoms with van der Waals surface area (Å²) < 4.78 is 31.7. The van der Waals surface area contributed by atoms with Gasteiger partial charge >= 0.3 is 0 Å². The summed E-state index contributed by atoms with van der Waals surface area (Å²) in [6.45, 7) is 0.726. The lowest BCUT2D eigenvalue weighted by Crippen LogP contribution is -2.26. The van der Waals surface area contributed by atoms with E-state index >= 15 is 0 Å². The van der Waals surface area contributed by atoms with E-state index in [0.717, 1.165) is 4.57 Å². The maximum absolute atomic E-state index is 12.8. The minimum atomic E-state index is -2.66. The molecular weight excluding hydrogens is 326 g/mol. The summed E-state index contributed by atoms with van der Waals surface area (Å²) in [6.07, 6.45) is -2.66. The summed E-state index contributed by atoms with van der Waals surface area (Å²) >= 11 is 6.18. The van der Waals surface area contributed by atoms with Crippen molar-refractivity contribution < 1.29 is 13.5 Å². The molecule has 2 aromatic rings. The average molecular weight is 339 g/mol. The molecule has 0 radical (unpaired) electrons. The third kappa shape index (κ3) is 3.88. The van der Waals surface area contributed by atoms with Crippen molar-refractivity contribution in [1.29, 1.82) is 5.26 Å². The zero-order chi connectivity index (χ0) is 17.0. The van der Waals surface area contributed by atoms with Gasteiger partial charge in [0.25, 0.3) is 12.0 Å². The molecule has 0 aliphatic carbocycles. The van der Waals surface area contributed by atoms with Crippen molar-refractivity contribution in [2.24, 2.45) is 0 Å². The van der Waals surface area contributed by atoms with E-state index in [-0.39, 0.29) is 11.6 Å². The molecule has 0 aliphatic heterocycles. The Labute approximate surface area is 136 Å². The van der Waals surface area contributed by atoms with Crippen LogP contribution in [0, 0.1) is 18.3 Å². The molecule has 0 saturated heterocycles. The van der Waals surface area contributed by atoms with Gasteiger partial charge in [0.1, 0.15) is 11.8 Å². The number of nitriles is 1. The highest BCUT2D eigenvalue weighted by Crippen LogP contribution is 2.31. The van der Waals surface area contributed by atoms with Gasteiger partial charge in [0.2, 0.25) is 0 Å². The molecule has 0 bridgehead atoms. The highest BCUT2D eigenvalue weighted by atomic mass is 35.5. The number of halogens is 3. The summed E-state index contributed by atoms with van der Waals surface area (Å²) in [7, 11) is 0. The van der Waals surface area contributed by atoms with E-state index in [1.165, 1.54) is 6.07 Å². The smallest absolute Gasteiger partial charge is 0.256 e. The minimum Gasteiger partial charge on any atom is -0.479 e. The molecule has 1 heterocycles. The molecule has 0 N–H and O–H groups in total. The number of nitrogens with zero attached hydrogens (tertiary/aromatic N) is 2. The summed E-state index contributed by atoms with van der Waals surface area (Å²) in [6, 6.07) is 9.59. The Hall–Kier alpha value is -2.39. The molecule has 0 unspecified atom stereocenters. The van der Waals surface area contributed by atoms with Crippen molar-refractivity contribution >= 4 is 11.6 Å². The minimum absolute atomic E-state index is 0.129. The van der Waals surface area contributed by atoms with Crippen LogP contribution in [0.2, 0.25) is 5.02 Å². The van der Waals surface area contributed by atoms with Crippen molar-refractivity contribution in [3.63, 3.8) is 0 Å². The van der Waals surface area contributed by atoms with E-state index in [1.807, 2.05) is 6.07 Å². The molecule has 120 valence electrons. The standard InChI is InChI=1S/C16H13ClF2N2O2/c1-10-2-5-14(21(16(10)22)9-15(18)19)12-4-3-11(8-13(12)17)23-7-6-20/h2-5,8,15H,7,9H2,1H3. The number of benzene rings is 1. The molecule has 0 saturated carbocycles. The molecule has 0 atom stereocenters. The molecular formula is C16H13ClF2N2O2. The van der Waals surface area contributed by atoms with Crippen molar-refractivity contribution in [3.8, 4) is 23.1 Å². The van der Waals surface area contributed by atoms with Crippen molar-refractivity contribution in [3.05, 3.63) is 51.3 Å². The molecule has 4 nitrogen and oxygen atoms in total. The van der Waals surface area contributed by atoms with Crippen LogP contribution >= 0.6 is 11.6 Å². The lowest BCUT2D eigenvalue weighted by atomic mass is 10.1. The average Bonchev–Trinajstić information content (AvgIpc) is 2.50. The first-order valence-corrected chi connectivity index (χ1v) is 7.10. The summed E-state index contributed by atoms with van der Waals surface area (Å²) in [5.41, 5.74) is 0.634. The molecule has 0 amide bonds. The van der Waals surface area contributed by atoms with Crippen LogP contribution in [-0.4, -0.2) is 17.6 Å². The van der Waals surface area contributed by atoms with Gasteiger partial charge in [-0.1, -0.05) is 17.7 Å². The van der Waals surface area contributed by atoms with Gasteiger partial charge in [-0.05, 0) is 31.2 Å². The van der Waals surface area contributed by atoms with Gasteiger partial charge in [0, 0.05) is 11.1 Å². The molecule has 1 aromatic heterocycles. The Morgan fingerprint density at radius 1 is 1.35 bits per heavy atom. The maximum Gasteiger partial charge on any atom is 0.256 e. The zero-order valence-corrected chi connectivity index (χ0v) is 13.0. The maximum atomic E-state index is 12.8. The Morgan fingerprint density at radius 3 is 2.70 bits per heavy atom. The second-order valence-corrected chi connectivity index (χ2v) is 5.20. The van der Waals surface area contributed by atoms with E-state index in [9.17, 15) is 13.6 Å². The zero-order valence-electron chi connectivity index (χ0n) is 12.2. The van der Waals surface area contributed by atoms with Gasteiger partial charge in [-0.25, -0.2) is 8.78 Å². The van der Waals surface area contributed by atoms with Crippen molar-refractivity contribution in [2.75, 3.05) is 6.61 Å². The van der Waals surface area contributed by atoms with Crippen LogP contribution in [-0.2, 0) is 6.54 Å². The van der Waals surface area contributed by atoms with Gasteiger partial charge in [-0.15, -0.1) is 0 Å². The highest BCUT2D eigenvalue weighted by Gasteiger charge is 2.15. The highest BCUT2D eigenvalue weighted by molar-refractivity contribution is 6.33. The molecule has 23 heavy (non-hydrogen) atoms. The van der Waals surface area contributed by atoms with Crippen LogP contribution in [0.3, 0.4) is 0 Å². The third-order valence-electron chi connectivity index (χ3n) is 3.20. The van der Waals surface area contributed by atoms with Gasteiger partial charge in [0.15, 0.2) is 6.61 Å². The number of hydrogen-bond acceptors (Lipinski definition) is 3. The predicted molar refractivity (Wildman–Crippen MR) is 83.0 cm³/mol. The Bertz CT molecular complexity index is 813. The van der Waals surface area contributed by atoms with Crippen LogP contribution in [0.15, 0.2) is 35.1 Å². The van der Waals surface area contributed by atoms with Crippen LogP contribution in [0.1, 0.15) is 5.56 Å². The van der Waals surface area contributed by atoms with E-state index in [1.54, 1.807) is 31.2 Å². The first kappa shape index (κ1) is 17.0. The lowest BCUT2D eigenvalue weighted by molar-refractivity contribution is 0.126. The quantitative estimate of drug-likeness (QED) is 0.836. The first-order valence-electron chi connectivity index (χ1n) is 6.72. The molecule has 0 fully saturated rings. The van der Waals surface area contributed by atoms with Crippen LogP contribution in [0.5, 0.6) is 5.75 Å². The van der Waals surface area contributed by atoms with Crippen LogP contribution < -0.4 is 10.3 Å². The number of pyridine rings is 1. The van der Waals surface area contributed by atoms with E-state index in [4.69, 9.17) is 21.6 Å². The first-order chi connectivity index (χ1) is 10.9. The van der Waals surface area contributed by atoms with E-state index < -0.39 is 18.5 Å². The number of alkyl halides is 2.